The van der Waals surface area contributed by atoms with Gasteiger partial charge in [0.1, 0.15) is 6.61 Å². The molecule has 0 aliphatic heterocycles. The van der Waals surface area contributed by atoms with E-state index in [1.807, 2.05) is 6.92 Å². The third-order valence-electron chi connectivity index (χ3n) is 1.42. The van der Waals surface area contributed by atoms with Crippen molar-refractivity contribution in [1.29, 1.82) is 0 Å². The molecule has 1 amide bonds. The van der Waals surface area contributed by atoms with Crippen molar-refractivity contribution in [3.63, 3.8) is 0 Å². The molecule has 72 valence electrons. The summed E-state index contributed by atoms with van der Waals surface area (Å²) in [4.78, 5) is 12.8. The van der Waals surface area contributed by atoms with Gasteiger partial charge in [-0.2, -0.15) is 0 Å². The molecule has 0 aliphatic carbocycles. The van der Waals surface area contributed by atoms with Crippen molar-refractivity contribution in [2.45, 2.75) is 13.3 Å². The first kappa shape index (κ1) is 11.9. The minimum atomic E-state index is 0.0444. The topological polar surface area (TPSA) is 29.5 Å². The Balaban J connectivity index is 3.43. The van der Waals surface area contributed by atoms with Gasteiger partial charge in [-0.1, -0.05) is 22.9 Å². The van der Waals surface area contributed by atoms with Gasteiger partial charge in [-0.15, -0.1) is 0 Å². The Bertz CT molecular complexity index is 130. The van der Waals surface area contributed by atoms with Crippen molar-refractivity contribution in [1.82, 2.24) is 4.90 Å². The lowest BCUT2D eigenvalue weighted by Gasteiger charge is -2.15. The van der Waals surface area contributed by atoms with Crippen LogP contribution < -0.4 is 0 Å². The van der Waals surface area contributed by atoms with Gasteiger partial charge in [0.2, 0.25) is 5.91 Å². The van der Waals surface area contributed by atoms with E-state index >= 15 is 0 Å². The summed E-state index contributed by atoms with van der Waals surface area (Å²) in [5.74, 6) is 0.0444. The number of amides is 1. The van der Waals surface area contributed by atoms with Crippen LogP contribution in [0.3, 0.4) is 0 Å². The average molecular weight is 238 g/mol. The Morgan fingerprint density at radius 2 is 2.25 bits per heavy atom. The van der Waals surface area contributed by atoms with E-state index in [1.54, 1.807) is 11.9 Å². The van der Waals surface area contributed by atoms with E-state index in [1.165, 1.54) is 0 Å². The predicted molar refractivity (Wildman–Crippen MR) is 52.5 cm³/mol. The Morgan fingerprint density at radius 1 is 1.58 bits per heavy atom. The number of rotatable bonds is 6. The van der Waals surface area contributed by atoms with Gasteiger partial charge >= 0.3 is 0 Å². The van der Waals surface area contributed by atoms with Gasteiger partial charge in [-0.3, -0.25) is 4.79 Å². The first-order valence-corrected chi connectivity index (χ1v) is 5.22. The fourth-order valence-corrected chi connectivity index (χ4v) is 1.20. The van der Waals surface area contributed by atoms with Gasteiger partial charge in [-0.05, 0) is 6.42 Å². The second-order valence-electron chi connectivity index (χ2n) is 2.56. The van der Waals surface area contributed by atoms with E-state index in [-0.39, 0.29) is 12.5 Å². The van der Waals surface area contributed by atoms with Gasteiger partial charge in [0.15, 0.2) is 0 Å². The maximum Gasteiger partial charge on any atom is 0.248 e. The van der Waals surface area contributed by atoms with Gasteiger partial charge < -0.3 is 9.64 Å². The summed E-state index contributed by atoms with van der Waals surface area (Å²) in [6.07, 6.45) is 0.954. The highest BCUT2D eigenvalue weighted by Gasteiger charge is 2.06. The molecule has 0 spiro atoms. The Labute approximate surface area is 82.2 Å². The number of hydrogen-bond acceptors (Lipinski definition) is 2. The molecule has 0 aromatic carbocycles. The van der Waals surface area contributed by atoms with E-state index in [9.17, 15) is 4.79 Å². The highest BCUT2D eigenvalue weighted by atomic mass is 79.9. The van der Waals surface area contributed by atoms with Crippen LogP contribution in [0, 0.1) is 0 Å². The van der Waals surface area contributed by atoms with Crippen LogP contribution >= 0.6 is 15.9 Å². The lowest BCUT2D eigenvalue weighted by atomic mass is 10.5. The maximum atomic E-state index is 11.2. The van der Waals surface area contributed by atoms with Crippen LogP contribution in [0.15, 0.2) is 0 Å². The van der Waals surface area contributed by atoms with E-state index in [0.717, 1.165) is 18.3 Å². The van der Waals surface area contributed by atoms with E-state index < -0.39 is 0 Å². The van der Waals surface area contributed by atoms with Gasteiger partial charge in [0.25, 0.3) is 0 Å². The van der Waals surface area contributed by atoms with Crippen LogP contribution in [0.5, 0.6) is 0 Å². The minimum absolute atomic E-state index is 0.0444. The smallest absolute Gasteiger partial charge is 0.248 e. The van der Waals surface area contributed by atoms with Crippen molar-refractivity contribution in [3.8, 4) is 0 Å². The first-order chi connectivity index (χ1) is 5.72. The predicted octanol–water partition coefficient (Wildman–Crippen LogP) is 1.27. The molecule has 0 aromatic heterocycles. The fourth-order valence-electron chi connectivity index (χ4n) is 0.665. The number of alkyl halides is 1. The molecular weight excluding hydrogens is 222 g/mol. The summed E-state index contributed by atoms with van der Waals surface area (Å²) in [5, 5.41) is 0.809. The Kier molecular flexibility index (Phi) is 7.50. The summed E-state index contributed by atoms with van der Waals surface area (Å²) < 4.78 is 5.11. The molecule has 0 fully saturated rings. The molecule has 0 aliphatic rings. The van der Waals surface area contributed by atoms with E-state index in [2.05, 4.69) is 15.9 Å². The molecule has 12 heavy (non-hydrogen) atoms. The van der Waals surface area contributed by atoms with Crippen LogP contribution in [0.25, 0.3) is 0 Å². The van der Waals surface area contributed by atoms with Crippen molar-refractivity contribution >= 4 is 21.8 Å². The molecular formula is C8H16BrNO2. The fraction of sp³-hybridized carbons (Fsp3) is 0.875. The Hall–Kier alpha value is -0.0900. The average Bonchev–Trinajstić information content (AvgIpc) is 2.05. The number of ether oxygens (including phenoxy) is 1. The zero-order valence-electron chi connectivity index (χ0n) is 7.68. The second kappa shape index (κ2) is 7.55. The summed E-state index contributed by atoms with van der Waals surface area (Å²) in [5.41, 5.74) is 0. The molecule has 3 nitrogen and oxygen atoms in total. The van der Waals surface area contributed by atoms with Crippen LogP contribution in [-0.2, 0) is 9.53 Å². The van der Waals surface area contributed by atoms with Crippen molar-refractivity contribution in [2.24, 2.45) is 0 Å². The number of carbonyl (C=O) groups excluding carboxylic acids is 1. The molecule has 0 aromatic rings. The van der Waals surface area contributed by atoms with Gasteiger partial charge in [-0.25, -0.2) is 0 Å². The molecule has 0 N–H and O–H groups in total. The van der Waals surface area contributed by atoms with E-state index in [4.69, 9.17) is 4.74 Å². The van der Waals surface area contributed by atoms with Crippen LogP contribution in [0.1, 0.15) is 13.3 Å². The standard InChI is InChI=1S/C8H16BrNO2/c1-3-6-12-7-8(11)10(2)5-4-9/h3-7H2,1-2H3. The van der Waals surface area contributed by atoms with Gasteiger partial charge in [0.05, 0.1) is 0 Å². The number of hydrogen-bond donors (Lipinski definition) is 0. The molecule has 0 bridgehead atoms. The van der Waals surface area contributed by atoms with Crippen molar-refractivity contribution in [3.05, 3.63) is 0 Å². The largest absolute Gasteiger partial charge is 0.372 e. The van der Waals surface area contributed by atoms with Gasteiger partial charge in [0, 0.05) is 25.5 Å². The van der Waals surface area contributed by atoms with Crippen LogP contribution in [0.2, 0.25) is 0 Å². The molecule has 0 unspecified atom stereocenters. The lowest BCUT2D eigenvalue weighted by Crippen LogP contribution is -2.31. The normalized spacial score (nSPS) is 9.92. The highest BCUT2D eigenvalue weighted by Crippen LogP contribution is 1.90. The molecule has 0 radical (unpaired) electrons. The molecule has 0 heterocycles. The first-order valence-electron chi connectivity index (χ1n) is 4.10. The molecule has 0 rings (SSSR count). The third kappa shape index (κ3) is 5.55. The number of nitrogens with zero attached hydrogens (tertiary/aromatic N) is 1. The minimum Gasteiger partial charge on any atom is -0.372 e. The SMILES string of the molecule is CCCOCC(=O)N(C)CCBr. The zero-order valence-corrected chi connectivity index (χ0v) is 9.26. The van der Waals surface area contributed by atoms with Crippen LogP contribution in [-0.4, -0.2) is 42.9 Å². The zero-order chi connectivity index (χ0) is 9.40. The van der Waals surface area contributed by atoms with Crippen molar-refractivity contribution in [2.75, 3.05) is 32.1 Å². The molecule has 0 saturated carbocycles. The lowest BCUT2D eigenvalue weighted by molar-refractivity contribution is -0.134. The second-order valence-corrected chi connectivity index (χ2v) is 3.35. The summed E-state index contributed by atoms with van der Waals surface area (Å²) >= 11 is 3.27. The summed E-state index contributed by atoms with van der Waals surface area (Å²) in [7, 11) is 1.78. The quantitative estimate of drug-likeness (QED) is 0.515. The van der Waals surface area contributed by atoms with Crippen LogP contribution in [0.4, 0.5) is 0 Å². The summed E-state index contributed by atoms with van der Waals surface area (Å²) in [6, 6.07) is 0. The van der Waals surface area contributed by atoms with E-state index in [0.29, 0.717) is 6.61 Å². The monoisotopic (exact) mass is 237 g/mol. The molecule has 0 saturated heterocycles. The number of likely N-dealkylation sites (N-methyl/N-ethyl adjacent to an activating group) is 1. The molecule has 0 atom stereocenters. The number of halogens is 1. The highest BCUT2D eigenvalue weighted by molar-refractivity contribution is 9.09. The molecule has 4 heteroatoms. The third-order valence-corrected chi connectivity index (χ3v) is 1.77. The maximum absolute atomic E-state index is 11.2. The van der Waals surface area contributed by atoms with Crippen molar-refractivity contribution < 1.29 is 9.53 Å². The number of carbonyl (C=O) groups is 1. The summed E-state index contributed by atoms with van der Waals surface area (Å²) in [6.45, 7) is 3.62. The Morgan fingerprint density at radius 3 is 2.75 bits per heavy atom.